The van der Waals surface area contributed by atoms with E-state index < -0.39 is 28.9 Å². The number of nitrogens with zero attached hydrogens (tertiary/aromatic N) is 4. The highest BCUT2D eigenvalue weighted by atomic mass is 19.1. The predicted molar refractivity (Wildman–Crippen MR) is 94.4 cm³/mol. The van der Waals surface area contributed by atoms with Crippen LogP contribution < -0.4 is 11.2 Å². The Hall–Kier alpha value is -3.30. The van der Waals surface area contributed by atoms with Gasteiger partial charge in [0.15, 0.2) is 11.2 Å². The summed E-state index contributed by atoms with van der Waals surface area (Å²) in [6.45, 7) is 1.54. The number of carbonyl (C=O) groups is 1. The topological polar surface area (TPSA) is 88.1 Å². The van der Waals surface area contributed by atoms with Crippen molar-refractivity contribution in [1.29, 1.82) is 0 Å². The molecule has 0 saturated heterocycles. The standard InChI is InChI=1S/C18H16F2N4O4/c1-2-28-14(25)8-22-9-21-16-15(22)17(26)23(11-4-5-11)18(27)24(16)13-6-3-10(19)7-12(13)20/h3,6-7,9,11H,2,4-5,8H2,1H3. The molecular weight excluding hydrogens is 374 g/mol. The van der Waals surface area contributed by atoms with Crippen LogP contribution in [-0.4, -0.2) is 31.3 Å². The second-order valence-electron chi connectivity index (χ2n) is 6.47. The molecule has 8 nitrogen and oxygen atoms in total. The third-order valence-electron chi connectivity index (χ3n) is 4.52. The second-order valence-corrected chi connectivity index (χ2v) is 6.47. The van der Waals surface area contributed by atoms with E-state index >= 15 is 0 Å². The Morgan fingerprint density at radius 3 is 2.68 bits per heavy atom. The maximum atomic E-state index is 14.4. The molecule has 0 atom stereocenters. The number of rotatable bonds is 5. The van der Waals surface area contributed by atoms with Gasteiger partial charge in [-0.15, -0.1) is 0 Å². The number of esters is 1. The summed E-state index contributed by atoms with van der Waals surface area (Å²) >= 11 is 0. The van der Waals surface area contributed by atoms with Gasteiger partial charge >= 0.3 is 11.7 Å². The lowest BCUT2D eigenvalue weighted by molar-refractivity contribution is -0.143. The van der Waals surface area contributed by atoms with Crippen molar-refractivity contribution in [3.05, 3.63) is 57.0 Å². The maximum absolute atomic E-state index is 14.4. The zero-order chi connectivity index (χ0) is 20.0. The Labute approximate surface area is 156 Å². The average Bonchev–Trinajstić information content (AvgIpc) is 3.37. The van der Waals surface area contributed by atoms with Gasteiger partial charge in [0.2, 0.25) is 0 Å². The van der Waals surface area contributed by atoms with Crippen LogP contribution in [0, 0.1) is 11.6 Å². The number of ether oxygens (including phenoxy) is 1. The fraction of sp³-hybridized carbons (Fsp3) is 0.333. The molecule has 0 unspecified atom stereocenters. The maximum Gasteiger partial charge on any atom is 0.337 e. The number of halogens is 2. The number of benzene rings is 1. The zero-order valence-electron chi connectivity index (χ0n) is 14.9. The highest BCUT2D eigenvalue weighted by Crippen LogP contribution is 2.32. The van der Waals surface area contributed by atoms with E-state index in [1.54, 1.807) is 6.92 Å². The Morgan fingerprint density at radius 2 is 2.04 bits per heavy atom. The highest BCUT2D eigenvalue weighted by molar-refractivity contribution is 5.76. The van der Waals surface area contributed by atoms with Gasteiger partial charge in [-0.1, -0.05) is 0 Å². The molecule has 0 amide bonds. The van der Waals surface area contributed by atoms with Gasteiger partial charge in [-0.2, -0.15) is 0 Å². The third kappa shape index (κ3) is 2.90. The summed E-state index contributed by atoms with van der Waals surface area (Å²) in [5, 5.41) is 0. The van der Waals surface area contributed by atoms with Gasteiger partial charge in [-0.05, 0) is 31.9 Å². The summed E-state index contributed by atoms with van der Waals surface area (Å²) < 4.78 is 35.9. The van der Waals surface area contributed by atoms with Crippen molar-refractivity contribution in [2.75, 3.05) is 6.61 Å². The van der Waals surface area contributed by atoms with Crippen molar-refractivity contribution in [2.24, 2.45) is 0 Å². The Morgan fingerprint density at radius 1 is 1.29 bits per heavy atom. The van der Waals surface area contributed by atoms with Gasteiger partial charge in [-0.3, -0.25) is 14.2 Å². The molecule has 10 heteroatoms. The first-order valence-electron chi connectivity index (χ1n) is 8.75. The minimum absolute atomic E-state index is 0.0247. The molecule has 0 aliphatic heterocycles. The lowest BCUT2D eigenvalue weighted by Gasteiger charge is -2.12. The summed E-state index contributed by atoms with van der Waals surface area (Å²) in [6.07, 6.45) is 2.49. The van der Waals surface area contributed by atoms with Crippen molar-refractivity contribution >= 4 is 17.1 Å². The Kier molecular flexibility index (Phi) is 4.33. The molecule has 1 fully saturated rings. The van der Waals surface area contributed by atoms with Crippen LogP contribution in [0.2, 0.25) is 0 Å². The van der Waals surface area contributed by atoms with Gasteiger partial charge in [0.05, 0.1) is 18.6 Å². The molecule has 4 rings (SSSR count). The number of imidazole rings is 1. The molecule has 3 aromatic rings. The van der Waals surface area contributed by atoms with Crippen LogP contribution in [0.25, 0.3) is 16.9 Å². The van der Waals surface area contributed by atoms with Crippen LogP contribution in [0.5, 0.6) is 0 Å². The molecule has 1 aromatic carbocycles. The lowest BCUT2D eigenvalue weighted by Crippen LogP contribution is -2.40. The molecule has 1 aliphatic rings. The van der Waals surface area contributed by atoms with Gasteiger partial charge in [-0.25, -0.2) is 23.1 Å². The third-order valence-corrected chi connectivity index (χ3v) is 4.52. The van der Waals surface area contributed by atoms with E-state index in [4.69, 9.17) is 4.74 Å². The van der Waals surface area contributed by atoms with E-state index in [1.807, 2.05) is 0 Å². The van der Waals surface area contributed by atoms with Crippen molar-refractivity contribution < 1.29 is 18.3 Å². The van der Waals surface area contributed by atoms with Gasteiger partial charge in [0, 0.05) is 12.1 Å². The highest BCUT2D eigenvalue weighted by Gasteiger charge is 2.31. The van der Waals surface area contributed by atoms with Crippen molar-refractivity contribution in [1.82, 2.24) is 18.7 Å². The smallest absolute Gasteiger partial charge is 0.337 e. The first kappa shape index (κ1) is 18.1. The molecule has 2 heterocycles. The number of carbonyl (C=O) groups excluding carboxylic acids is 1. The van der Waals surface area contributed by atoms with Crippen LogP contribution in [0.1, 0.15) is 25.8 Å². The minimum Gasteiger partial charge on any atom is -0.465 e. The number of hydrogen-bond acceptors (Lipinski definition) is 5. The van der Waals surface area contributed by atoms with Crippen LogP contribution in [-0.2, 0) is 16.1 Å². The normalized spacial score (nSPS) is 13.8. The molecule has 1 saturated carbocycles. The van der Waals surface area contributed by atoms with Crippen molar-refractivity contribution in [2.45, 2.75) is 32.4 Å². The van der Waals surface area contributed by atoms with Crippen molar-refractivity contribution in [3.8, 4) is 5.69 Å². The Bertz CT molecular complexity index is 1210. The van der Waals surface area contributed by atoms with E-state index in [0.717, 1.165) is 21.3 Å². The number of fused-ring (bicyclic) bond motifs is 1. The monoisotopic (exact) mass is 390 g/mol. The van der Waals surface area contributed by atoms with Gasteiger partial charge in [0.1, 0.15) is 18.2 Å². The fourth-order valence-corrected chi connectivity index (χ4v) is 3.15. The first-order chi connectivity index (χ1) is 13.4. The van der Waals surface area contributed by atoms with Crippen molar-refractivity contribution in [3.63, 3.8) is 0 Å². The molecule has 2 aromatic heterocycles. The van der Waals surface area contributed by atoms with Crippen LogP contribution in [0.15, 0.2) is 34.1 Å². The quantitative estimate of drug-likeness (QED) is 0.617. The van der Waals surface area contributed by atoms with Gasteiger partial charge < -0.3 is 9.30 Å². The predicted octanol–water partition coefficient (Wildman–Crippen LogP) is 1.53. The molecular formula is C18H16F2N4O4. The minimum atomic E-state index is -0.968. The molecule has 0 N–H and O–H groups in total. The zero-order valence-corrected chi connectivity index (χ0v) is 14.9. The van der Waals surface area contributed by atoms with E-state index in [9.17, 15) is 23.2 Å². The van der Waals surface area contributed by atoms with Crippen LogP contribution >= 0.6 is 0 Å². The summed E-state index contributed by atoms with van der Waals surface area (Å²) in [7, 11) is 0. The SMILES string of the molecule is CCOC(=O)Cn1cnc2c1c(=O)n(C1CC1)c(=O)n2-c1ccc(F)cc1F. The van der Waals surface area contributed by atoms with E-state index in [2.05, 4.69) is 4.98 Å². The fourth-order valence-electron chi connectivity index (χ4n) is 3.15. The molecule has 0 radical (unpaired) electrons. The molecule has 0 bridgehead atoms. The average molecular weight is 390 g/mol. The molecule has 0 spiro atoms. The first-order valence-corrected chi connectivity index (χ1v) is 8.75. The number of hydrogen-bond donors (Lipinski definition) is 0. The van der Waals surface area contributed by atoms with E-state index in [1.165, 1.54) is 10.9 Å². The second kappa shape index (κ2) is 6.70. The molecule has 1 aliphatic carbocycles. The van der Waals surface area contributed by atoms with Crippen LogP contribution in [0.4, 0.5) is 8.78 Å². The van der Waals surface area contributed by atoms with E-state index in [-0.39, 0.29) is 36.0 Å². The summed E-state index contributed by atoms with van der Waals surface area (Å²) in [5.74, 6) is -2.34. The Balaban J connectivity index is 2.02. The number of aromatic nitrogens is 4. The lowest BCUT2D eigenvalue weighted by atomic mass is 10.3. The molecule has 28 heavy (non-hydrogen) atoms. The van der Waals surface area contributed by atoms with Gasteiger partial charge in [0.25, 0.3) is 5.56 Å². The summed E-state index contributed by atoms with van der Waals surface area (Å²) in [4.78, 5) is 41.9. The molecule has 146 valence electrons. The summed E-state index contributed by atoms with van der Waals surface area (Å²) in [5.41, 5.74) is -1.73. The van der Waals surface area contributed by atoms with E-state index in [0.29, 0.717) is 18.9 Å². The summed E-state index contributed by atoms with van der Waals surface area (Å²) in [6, 6.07) is 2.47. The largest absolute Gasteiger partial charge is 0.465 e. The van der Waals surface area contributed by atoms with Crippen LogP contribution in [0.3, 0.4) is 0 Å².